The first-order chi connectivity index (χ1) is 8.87. The Kier molecular flexibility index (Phi) is 5.75. The first-order valence-electron chi connectivity index (χ1n) is 6.67. The third-order valence-corrected chi connectivity index (χ3v) is 3.57. The molecule has 1 saturated heterocycles. The lowest BCUT2D eigenvalue weighted by molar-refractivity contribution is -0.158. The molecule has 6 heteroatoms. The molecule has 3 N–H and O–H groups in total. The van der Waals surface area contributed by atoms with Gasteiger partial charge in [0, 0.05) is 13.0 Å². The number of aliphatic carboxylic acids is 1. The quantitative estimate of drug-likeness (QED) is 0.732. The molecule has 1 heterocycles. The molecule has 0 aromatic rings. The number of nitrogens with two attached hydrogens (primary N) is 1. The fraction of sp³-hybridized carbons (Fsp3) is 0.846. The molecule has 1 rings (SSSR count). The zero-order chi connectivity index (χ0) is 14.5. The number of ether oxygens (including phenoxy) is 1. The average Bonchev–Trinajstić information content (AvgIpc) is 2.36. The van der Waals surface area contributed by atoms with Crippen LogP contribution >= 0.6 is 0 Å². The highest BCUT2D eigenvalue weighted by molar-refractivity contribution is 5.84. The number of rotatable bonds is 6. The number of morpholine rings is 1. The van der Waals surface area contributed by atoms with Gasteiger partial charge in [0.25, 0.3) is 0 Å². The molecule has 0 bridgehead atoms. The number of carboxylic acid groups (broad SMARTS) is 1. The van der Waals surface area contributed by atoms with Crippen LogP contribution in [0.4, 0.5) is 0 Å². The molecular formula is C13H24N2O4. The van der Waals surface area contributed by atoms with Crippen LogP contribution in [0.2, 0.25) is 0 Å². The Morgan fingerprint density at radius 3 is 2.68 bits per heavy atom. The van der Waals surface area contributed by atoms with Crippen LogP contribution in [-0.2, 0) is 14.3 Å². The summed E-state index contributed by atoms with van der Waals surface area (Å²) in [5.41, 5.74) is 5.55. The first kappa shape index (κ1) is 15.9. The van der Waals surface area contributed by atoms with Crippen molar-refractivity contribution in [2.45, 2.75) is 39.2 Å². The minimum atomic E-state index is -1.01. The zero-order valence-corrected chi connectivity index (χ0v) is 11.7. The summed E-state index contributed by atoms with van der Waals surface area (Å²) in [5.74, 6) is -1.12. The predicted octanol–water partition coefficient (Wildman–Crippen LogP) is 0.454. The molecule has 1 atom stereocenters. The minimum Gasteiger partial charge on any atom is -0.480 e. The third kappa shape index (κ3) is 4.80. The molecule has 6 nitrogen and oxygen atoms in total. The molecule has 1 amide bonds. The van der Waals surface area contributed by atoms with Gasteiger partial charge in [0.15, 0.2) is 6.04 Å². The van der Waals surface area contributed by atoms with Gasteiger partial charge in [-0.25, -0.2) is 4.79 Å². The van der Waals surface area contributed by atoms with E-state index in [9.17, 15) is 9.59 Å². The van der Waals surface area contributed by atoms with E-state index in [1.54, 1.807) is 0 Å². The number of carbonyl (C=O) groups excluding carboxylic acids is 1. The van der Waals surface area contributed by atoms with E-state index in [1.807, 2.05) is 0 Å². The second kappa shape index (κ2) is 6.86. The highest BCUT2D eigenvalue weighted by Gasteiger charge is 2.33. The van der Waals surface area contributed by atoms with Crippen molar-refractivity contribution in [3.63, 3.8) is 0 Å². The molecule has 0 aromatic carbocycles. The normalized spacial score (nSPS) is 20.4. The standard InChI is InChI=1S/C13H24N2O4/c1-13(2,5-6-14)4-3-11(16)15-7-8-19-9-10(15)12(17)18/h10H,3-9,14H2,1-2H3,(H,17,18). The van der Waals surface area contributed by atoms with Gasteiger partial charge in [0.05, 0.1) is 13.2 Å². The van der Waals surface area contributed by atoms with E-state index in [4.69, 9.17) is 15.6 Å². The Balaban J connectivity index is 2.54. The van der Waals surface area contributed by atoms with Crippen molar-refractivity contribution in [1.29, 1.82) is 0 Å². The molecule has 110 valence electrons. The third-order valence-electron chi connectivity index (χ3n) is 3.57. The van der Waals surface area contributed by atoms with Crippen LogP contribution in [0.1, 0.15) is 33.1 Å². The van der Waals surface area contributed by atoms with E-state index in [0.29, 0.717) is 32.5 Å². The molecule has 0 aliphatic carbocycles. The van der Waals surface area contributed by atoms with Crippen molar-refractivity contribution >= 4 is 11.9 Å². The van der Waals surface area contributed by atoms with Crippen molar-refractivity contribution in [2.24, 2.45) is 11.1 Å². The van der Waals surface area contributed by atoms with Crippen LogP contribution in [0.25, 0.3) is 0 Å². The van der Waals surface area contributed by atoms with Gasteiger partial charge in [0.1, 0.15) is 0 Å². The van der Waals surface area contributed by atoms with Crippen LogP contribution < -0.4 is 5.73 Å². The summed E-state index contributed by atoms with van der Waals surface area (Å²) in [6.45, 7) is 5.57. The fourth-order valence-electron chi connectivity index (χ4n) is 2.21. The molecule has 0 spiro atoms. The Bertz CT molecular complexity index is 331. The van der Waals surface area contributed by atoms with E-state index in [2.05, 4.69) is 13.8 Å². The van der Waals surface area contributed by atoms with Crippen molar-refractivity contribution in [3.8, 4) is 0 Å². The summed E-state index contributed by atoms with van der Waals surface area (Å²) in [6.07, 6.45) is 1.93. The Hall–Kier alpha value is -1.14. The maximum atomic E-state index is 12.1. The fourth-order valence-corrected chi connectivity index (χ4v) is 2.21. The molecule has 1 unspecified atom stereocenters. The van der Waals surface area contributed by atoms with E-state index in [-0.39, 0.29) is 17.9 Å². The number of amides is 1. The van der Waals surface area contributed by atoms with Crippen LogP contribution in [0, 0.1) is 5.41 Å². The summed E-state index contributed by atoms with van der Waals surface area (Å²) in [7, 11) is 0. The summed E-state index contributed by atoms with van der Waals surface area (Å²) < 4.78 is 5.12. The topological polar surface area (TPSA) is 92.9 Å². The Morgan fingerprint density at radius 2 is 2.11 bits per heavy atom. The van der Waals surface area contributed by atoms with Crippen molar-refractivity contribution in [2.75, 3.05) is 26.3 Å². The largest absolute Gasteiger partial charge is 0.480 e. The van der Waals surface area contributed by atoms with Gasteiger partial charge in [-0.15, -0.1) is 0 Å². The van der Waals surface area contributed by atoms with E-state index in [0.717, 1.165) is 6.42 Å². The molecule has 0 saturated carbocycles. The lowest BCUT2D eigenvalue weighted by atomic mass is 9.84. The van der Waals surface area contributed by atoms with E-state index >= 15 is 0 Å². The average molecular weight is 272 g/mol. The maximum Gasteiger partial charge on any atom is 0.328 e. The van der Waals surface area contributed by atoms with Gasteiger partial charge >= 0.3 is 5.97 Å². The predicted molar refractivity (Wildman–Crippen MR) is 70.6 cm³/mol. The smallest absolute Gasteiger partial charge is 0.328 e. The number of carbonyl (C=O) groups is 2. The van der Waals surface area contributed by atoms with Gasteiger partial charge in [0.2, 0.25) is 5.91 Å². The van der Waals surface area contributed by atoms with Gasteiger partial charge < -0.3 is 20.5 Å². The van der Waals surface area contributed by atoms with Gasteiger partial charge in [-0.05, 0) is 24.8 Å². The lowest BCUT2D eigenvalue weighted by Gasteiger charge is -2.34. The van der Waals surface area contributed by atoms with Gasteiger partial charge in [-0.3, -0.25) is 4.79 Å². The summed E-state index contributed by atoms with van der Waals surface area (Å²) in [6, 6.07) is -0.848. The van der Waals surface area contributed by atoms with Crippen LogP contribution in [-0.4, -0.2) is 54.2 Å². The minimum absolute atomic E-state index is 0.00934. The lowest BCUT2D eigenvalue weighted by Crippen LogP contribution is -2.52. The van der Waals surface area contributed by atoms with E-state index < -0.39 is 12.0 Å². The van der Waals surface area contributed by atoms with Crippen molar-refractivity contribution < 1.29 is 19.4 Å². The van der Waals surface area contributed by atoms with Gasteiger partial charge in [-0.1, -0.05) is 13.8 Å². The van der Waals surface area contributed by atoms with E-state index in [1.165, 1.54) is 4.90 Å². The Labute approximate surface area is 113 Å². The number of carboxylic acids is 1. The van der Waals surface area contributed by atoms with Crippen molar-refractivity contribution in [3.05, 3.63) is 0 Å². The molecule has 0 aromatic heterocycles. The number of hydrogen-bond acceptors (Lipinski definition) is 4. The second-order valence-corrected chi connectivity index (χ2v) is 5.72. The Morgan fingerprint density at radius 1 is 1.42 bits per heavy atom. The van der Waals surface area contributed by atoms with Crippen LogP contribution in [0.5, 0.6) is 0 Å². The van der Waals surface area contributed by atoms with Crippen LogP contribution in [0.15, 0.2) is 0 Å². The summed E-state index contributed by atoms with van der Waals surface area (Å²) in [4.78, 5) is 24.6. The summed E-state index contributed by atoms with van der Waals surface area (Å²) in [5, 5.41) is 9.08. The zero-order valence-electron chi connectivity index (χ0n) is 11.7. The van der Waals surface area contributed by atoms with Crippen LogP contribution in [0.3, 0.4) is 0 Å². The first-order valence-corrected chi connectivity index (χ1v) is 6.67. The molecule has 19 heavy (non-hydrogen) atoms. The number of hydrogen-bond donors (Lipinski definition) is 2. The summed E-state index contributed by atoms with van der Waals surface area (Å²) >= 11 is 0. The highest BCUT2D eigenvalue weighted by Crippen LogP contribution is 2.26. The van der Waals surface area contributed by atoms with Crippen molar-refractivity contribution in [1.82, 2.24) is 4.90 Å². The SMILES string of the molecule is CC(C)(CCN)CCC(=O)N1CCOCC1C(=O)O. The monoisotopic (exact) mass is 272 g/mol. The second-order valence-electron chi connectivity index (χ2n) is 5.72. The molecular weight excluding hydrogens is 248 g/mol. The molecule has 1 aliphatic rings. The maximum absolute atomic E-state index is 12.1. The molecule has 1 fully saturated rings. The highest BCUT2D eigenvalue weighted by atomic mass is 16.5. The van der Waals surface area contributed by atoms with Gasteiger partial charge in [-0.2, -0.15) is 0 Å². The molecule has 0 radical (unpaired) electrons. The number of nitrogens with zero attached hydrogens (tertiary/aromatic N) is 1. The molecule has 1 aliphatic heterocycles.